The third kappa shape index (κ3) is 4.99. The second-order valence-corrected chi connectivity index (χ2v) is 8.22. The Hall–Kier alpha value is -3.43. The van der Waals surface area contributed by atoms with Gasteiger partial charge < -0.3 is 15.0 Å². The lowest BCUT2D eigenvalue weighted by Gasteiger charge is -2.35. The molecule has 0 bridgehead atoms. The van der Waals surface area contributed by atoms with Crippen LogP contribution in [0.5, 0.6) is 5.75 Å². The zero-order valence-corrected chi connectivity index (χ0v) is 19.0. The van der Waals surface area contributed by atoms with Gasteiger partial charge in [-0.05, 0) is 59.2 Å². The normalized spacial score (nSPS) is 14.5. The monoisotopic (exact) mass is 465 g/mol. The molecule has 0 aliphatic carbocycles. The van der Waals surface area contributed by atoms with Crippen molar-refractivity contribution in [2.75, 3.05) is 43.0 Å². The summed E-state index contributed by atoms with van der Waals surface area (Å²) in [6.45, 7) is 6.92. The van der Waals surface area contributed by atoms with Gasteiger partial charge in [0, 0.05) is 43.4 Å². The van der Waals surface area contributed by atoms with Crippen LogP contribution in [0.15, 0.2) is 53.2 Å². The summed E-state index contributed by atoms with van der Waals surface area (Å²) in [6, 6.07) is 15.8. The Balaban J connectivity index is 1.32. The molecule has 170 valence electrons. The number of piperazine rings is 1. The maximum Gasteiger partial charge on any atom is 0.245 e. The van der Waals surface area contributed by atoms with Crippen molar-refractivity contribution in [1.82, 2.24) is 25.2 Å². The maximum atomic E-state index is 6.01. The molecule has 0 atom stereocenters. The minimum atomic E-state index is 0.369. The summed E-state index contributed by atoms with van der Waals surface area (Å²) in [4.78, 5) is 14.0. The summed E-state index contributed by atoms with van der Waals surface area (Å²) < 4.78 is 10.4. The number of hydrogen-bond donors (Lipinski definition) is 1. The van der Waals surface area contributed by atoms with E-state index < -0.39 is 0 Å². The first-order chi connectivity index (χ1) is 16.2. The third-order valence-electron chi connectivity index (χ3n) is 5.52. The number of halogens is 1. The molecule has 0 unspecified atom stereocenters. The molecule has 2 aromatic carbocycles. The number of ether oxygens (including phenoxy) is 1. The van der Waals surface area contributed by atoms with Crippen LogP contribution in [0.25, 0.3) is 11.3 Å². The predicted octanol–water partition coefficient (Wildman–Crippen LogP) is 4.13. The van der Waals surface area contributed by atoms with Gasteiger partial charge in [-0.15, -0.1) is 0 Å². The van der Waals surface area contributed by atoms with Crippen molar-refractivity contribution in [2.45, 2.75) is 13.5 Å². The van der Waals surface area contributed by atoms with Crippen molar-refractivity contribution in [3.63, 3.8) is 0 Å². The number of benzene rings is 2. The van der Waals surface area contributed by atoms with Gasteiger partial charge in [0.15, 0.2) is 11.6 Å². The first kappa shape index (κ1) is 21.4. The number of hydrogen-bond acceptors (Lipinski definition) is 9. The Labute approximate surface area is 196 Å². The van der Waals surface area contributed by atoms with E-state index in [0.29, 0.717) is 23.7 Å². The van der Waals surface area contributed by atoms with Gasteiger partial charge in [0.2, 0.25) is 11.3 Å². The molecular weight excluding hydrogens is 442 g/mol. The average molecular weight is 466 g/mol. The van der Waals surface area contributed by atoms with E-state index in [0.717, 1.165) is 55.0 Å². The average Bonchev–Trinajstić information content (AvgIpc) is 3.30. The topological polar surface area (TPSA) is 92.4 Å². The lowest BCUT2D eigenvalue weighted by atomic mass is 10.2. The van der Waals surface area contributed by atoms with Gasteiger partial charge in [-0.25, -0.2) is 14.6 Å². The Morgan fingerprint density at radius 1 is 0.939 bits per heavy atom. The first-order valence-electron chi connectivity index (χ1n) is 10.9. The number of rotatable bonds is 7. The molecule has 0 saturated carbocycles. The molecule has 5 rings (SSSR count). The van der Waals surface area contributed by atoms with Crippen molar-refractivity contribution in [1.29, 1.82) is 0 Å². The Morgan fingerprint density at radius 2 is 1.64 bits per heavy atom. The van der Waals surface area contributed by atoms with Crippen molar-refractivity contribution in [2.24, 2.45) is 0 Å². The van der Waals surface area contributed by atoms with E-state index in [1.54, 1.807) is 0 Å². The van der Waals surface area contributed by atoms with Crippen molar-refractivity contribution in [3.8, 4) is 5.75 Å². The van der Waals surface area contributed by atoms with Crippen LogP contribution in [-0.4, -0.2) is 58.0 Å². The van der Waals surface area contributed by atoms with E-state index in [1.807, 2.05) is 43.3 Å². The molecule has 1 N–H and O–H groups in total. The van der Waals surface area contributed by atoms with Gasteiger partial charge in [-0.3, -0.25) is 4.90 Å². The maximum absolute atomic E-state index is 6.01. The number of nitrogens with one attached hydrogen (secondary N) is 1. The largest absolute Gasteiger partial charge is 0.494 e. The summed E-state index contributed by atoms with van der Waals surface area (Å²) in [6.07, 6.45) is 0. The molecule has 2 aromatic heterocycles. The van der Waals surface area contributed by atoms with Crippen LogP contribution >= 0.6 is 11.6 Å². The number of fused-ring (bicyclic) bond motifs is 1. The highest BCUT2D eigenvalue weighted by molar-refractivity contribution is 6.30. The fourth-order valence-electron chi connectivity index (χ4n) is 3.84. The molecule has 1 saturated heterocycles. The molecule has 10 heteroatoms. The van der Waals surface area contributed by atoms with Crippen LogP contribution in [0.1, 0.15) is 12.5 Å². The Bertz CT molecular complexity index is 1210. The minimum Gasteiger partial charge on any atom is -0.494 e. The van der Waals surface area contributed by atoms with Crippen LogP contribution in [0.4, 0.5) is 17.3 Å². The molecule has 0 amide bonds. The van der Waals surface area contributed by atoms with E-state index in [9.17, 15) is 0 Å². The summed E-state index contributed by atoms with van der Waals surface area (Å²) in [7, 11) is 0. The van der Waals surface area contributed by atoms with Gasteiger partial charge in [0.05, 0.1) is 6.61 Å². The van der Waals surface area contributed by atoms with Crippen molar-refractivity contribution >= 4 is 40.2 Å². The lowest BCUT2D eigenvalue weighted by molar-refractivity contribution is 0.249. The highest BCUT2D eigenvalue weighted by atomic mass is 35.5. The van der Waals surface area contributed by atoms with Crippen LogP contribution in [0.2, 0.25) is 5.02 Å². The SMILES string of the molecule is CCOc1ccc(Nc2nc3nonc3nc2N2CCN(Cc3ccc(Cl)cc3)CC2)cc1. The summed E-state index contributed by atoms with van der Waals surface area (Å²) in [5.41, 5.74) is 2.89. The second kappa shape index (κ2) is 9.60. The molecule has 4 aromatic rings. The number of anilines is 3. The molecule has 3 heterocycles. The summed E-state index contributed by atoms with van der Waals surface area (Å²) in [5.74, 6) is 2.18. The molecule has 0 radical (unpaired) electrons. The minimum absolute atomic E-state index is 0.369. The van der Waals surface area contributed by atoms with E-state index in [2.05, 4.69) is 42.5 Å². The quantitative estimate of drug-likeness (QED) is 0.432. The zero-order chi connectivity index (χ0) is 22.6. The van der Waals surface area contributed by atoms with Gasteiger partial charge in [0.25, 0.3) is 0 Å². The molecule has 0 spiro atoms. The molecule has 33 heavy (non-hydrogen) atoms. The smallest absolute Gasteiger partial charge is 0.245 e. The Kier molecular flexibility index (Phi) is 6.23. The molecular formula is C23H24ClN7O2. The second-order valence-electron chi connectivity index (χ2n) is 7.78. The molecule has 1 aliphatic heterocycles. The van der Waals surface area contributed by atoms with Crippen LogP contribution in [0, 0.1) is 0 Å². The third-order valence-corrected chi connectivity index (χ3v) is 5.77. The summed E-state index contributed by atoms with van der Waals surface area (Å²) >= 11 is 6.01. The fraction of sp³-hybridized carbons (Fsp3) is 0.304. The van der Waals surface area contributed by atoms with Crippen molar-refractivity contribution in [3.05, 3.63) is 59.1 Å². The number of nitrogens with zero attached hydrogens (tertiary/aromatic N) is 6. The van der Waals surface area contributed by atoms with Gasteiger partial charge >= 0.3 is 0 Å². The fourth-order valence-corrected chi connectivity index (χ4v) is 3.96. The molecule has 9 nitrogen and oxygen atoms in total. The first-order valence-corrected chi connectivity index (χ1v) is 11.3. The molecule has 1 aliphatic rings. The standard InChI is InChI=1S/C23H24ClN7O2/c1-2-32-19-9-7-18(8-10-19)25-22-23(27-21-20(26-22)28-33-29-21)31-13-11-30(12-14-31)15-16-3-5-17(24)6-4-16/h3-10H,2,11-15H2,1H3,(H,25,26,28). The van der Waals surface area contributed by atoms with E-state index in [4.69, 9.17) is 26.0 Å². The van der Waals surface area contributed by atoms with Gasteiger partial charge in [-0.2, -0.15) is 0 Å². The lowest BCUT2D eigenvalue weighted by Crippen LogP contribution is -2.46. The Morgan fingerprint density at radius 3 is 2.33 bits per heavy atom. The van der Waals surface area contributed by atoms with Crippen molar-refractivity contribution < 1.29 is 9.37 Å². The van der Waals surface area contributed by atoms with Crippen LogP contribution < -0.4 is 15.0 Å². The van der Waals surface area contributed by atoms with Gasteiger partial charge in [-0.1, -0.05) is 23.7 Å². The van der Waals surface area contributed by atoms with Gasteiger partial charge in [0.1, 0.15) is 5.75 Å². The highest BCUT2D eigenvalue weighted by Gasteiger charge is 2.23. The predicted molar refractivity (Wildman–Crippen MR) is 127 cm³/mol. The summed E-state index contributed by atoms with van der Waals surface area (Å²) in [5, 5.41) is 11.9. The zero-order valence-electron chi connectivity index (χ0n) is 18.2. The van der Waals surface area contributed by atoms with Crippen LogP contribution in [-0.2, 0) is 6.54 Å². The van der Waals surface area contributed by atoms with Crippen LogP contribution in [0.3, 0.4) is 0 Å². The number of aromatic nitrogens is 4. The van der Waals surface area contributed by atoms with E-state index in [1.165, 1.54) is 5.56 Å². The molecule has 1 fully saturated rings. The van der Waals surface area contributed by atoms with E-state index in [-0.39, 0.29) is 0 Å². The van der Waals surface area contributed by atoms with E-state index >= 15 is 0 Å². The highest BCUT2D eigenvalue weighted by Crippen LogP contribution is 2.29.